The number of halogens is 3. The summed E-state index contributed by atoms with van der Waals surface area (Å²) >= 11 is 0. The third kappa shape index (κ3) is 3.54. The van der Waals surface area contributed by atoms with E-state index in [0.717, 1.165) is 12.3 Å². The van der Waals surface area contributed by atoms with E-state index >= 15 is 0 Å². The fraction of sp³-hybridized carbons (Fsp3) is 0.286. The van der Waals surface area contributed by atoms with Crippen LogP contribution in [-0.4, -0.2) is 42.5 Å². The zero-order valence-corrected chi connectivity index (χ0v) is 16.9. The van der Waals surface area contributed by atoms with Gasteiger partial charge >= 0.3 is 6.18 Å². The highest BCUT2D eigenvalue weighted by Crippen LogP contribution is 2.31. The summed E-state index contributed by atoms with van der Waals surface area (Å²) in [6.07, 6.45) is 2.07. The number of alkyl halides is 3. The molecular formula is C21H17F3N6O2. The second-order valence-corrected chi connectivity index (χ2v) is 7.56. The van der Waals surface area contributed by atoms with Crippen molar-refractivity contribution in [3.05, 3.63) is 59.2 Å². The minimum atomic E-state index is -4.54. The molecule has 0 bridgehead atoms. The van der Waals surface area contributed by atoms with Crippen molar-refractivity contribution in [3.8, 4) is 22.5 Å². The maximum Gasteiger partial charge on any atom is 0.433 e. The smallest absolute Gasteiger partial charge is 0.379 e. The van der Waals surface area contributed by atoms with Crippen LogP contribution in [0.4, 0.5) is 13.2 Å². The first-order valence-corrected chi connectivity index (χ1v) is 9.83. The van der Waals surface area contributed by atoms with Crippen molar-refractivity contribution < 1.29 is 17.9 Å². The third-order valence-electron chi connectivity index (χ3n) is 5.40. The maximum absolute atomic E-state index is 13.3. The molecule has 4 aromatic heterocycles. The number of nitrogens with zero attached hydrogens (tertiary/aromatic N) is 6. The van der Waals surface area contributed by atoms with E-state index in [4.69, 9.17) is 4.74 Å². The first kappa shape index (κ1) is 20.3. The highest BCUT2D eigenvalue weighted by Gasteiger charge is 2.32. The summed E-state index contributed by atoms with van der Waals surface area (Å²) in [5.74, 6) is 0. The van der Waals surface area contributed by atoms with E-state index in [0.29, 0.717) is 53.1 Å². The van der Waals surface area contributed by atoms with Gasteiger partial charge in [-0.1, -0.05) is 0 Å². The molecule has 164 valence electrons. The van der Waals surface area contributed by atoms with E-state index in [1.54, 1.807) is 30.2 Å². The normalized spacial score (nSPS) is 16.7. The molecule has 5 heterocycles. The molecule has 0 spiro atoms. The quantitative estimate of drug-likeness (QED) is 0.484. The summed E-state index contributed by atoms with van der Waals surface area (Å²) in [5, 5.41) is 4.46. The molecule has 1 atom stereocenters. The van der Waals surface area contributed by atoms with Crippen LogP contribution < -0.4 is 5.56 Å². The molecule has 32 heavy (non-hydrogen) atoms. The van der Waals surface area contributed by atoms with E-state index in [-0.39, 0.29) is 11.6 Å². The van der Waals surface area contributed by atoms with Crippen molar-refractivity contribution in [3.63, 3.8) is 0 Å². The molecular weight excluding hydrogens is 425 g/mol. The summed E-state index contributed by atoms with van der Waals surface area (Å²) < 4.78 is 47.3. The van der Waals surface area contributed by atoms with Crippen LogP contribution in [0.3, 0.4) is 0 Å². The van der Waals surface area contributed by atoms with E-state index < -0.39 is 11.9 Å². The highest BCUT2D eigenvalue weighted by atomic mass is 19.4. The minimum absolute atomic E-state index is 0.120. The predicted molar refractivity (Wildman–Crippen MR) is 109 cm³/mol. The van der Waals surface area contributed by atoms with Crippen LogP contribution in [0.5, 0.6) is 0 Å². The third-order valence-corrected chi connectivity index (χ3v) is 5.40. The van der Waals surface area contributed by atoms with Crippen LogP contribution in [0.25, 0.3) is 33.4 Å². The standard InChI is InChI=1S/C21H17F3N6O2/c1-29-9-13(8-27-29)18-19-15(20(31)30(11-26-19)14-4-5-32-10-14)6-16(28-18)12-2-3-17(25-7-12)21(22,23)24/h2-3,6-9,11,14H,4-5,10H2,1H3. The van der Waals surface area contributed by atoms with Gasteiger partial charge in [-0.2, -0.15) is 18.3 Å². The molecule has 1 unspecified atom stereocenters. The van der Waals surface area contributed by atoms with Gasteiger partial charge in [0.1, 0.15) is 16.9 Å². The molecule has 0 amide bonds. The Bertz CT molecular complexity index is 1350. The fourth-order valence-electron chi connectivity index (χ4n) is 3.75. The molecule has 5 rings (SSSR count). The molecule has 1 aliphatic rings. The van der Waals surface area contributed by atoms with Gasteiger partial charge in [-0.15, -0.1) is 0 Å². The van der Waals surface area contributed by atoms with E-state index in [9.17, 15) is 18.0 Å². The molecule has 0 radical (unpaired) electrons. The Morgan fingerprint density at radius 2 is 2.00 bits per heavy atom. The summed E-state index contributed by atoms with van der Waals surface area (Å²) in [5.41, 5.74) is 0.840. The second kappa shape index (κ2) is 7.52. The van der Waals surface area contributed by atoms with Crippen LogP contribution in [0.2, 0.25) is 0 Å². The number of rotatable bonds is 3. The zero-order chi connectivity index (χ0) is 22.5. The van der Waals surface area contributed by atoms with Gasteiger partial charge in [0, 0.05) is 37.2 Å². The molecule has 8 nitrogen and oxygen atoms in total. The number of pyridine rings is 2. The number of hydrogen-bond donors (Lipinski definition) is 0. The Morgan fingerprint density at radius 1 is 1.16 bits per heavy atom. The van der Waals surface area contributed by atoms with Crippen LogP contribution in [0, 0.1) is 0 Å². The average Bonchev–Trinajstić information content (AvgIpc) is 3.45. The topological polar surface area (TPSA) is 87.7 Å². The van der Waals surface area contributed by atoms with Gasteiger partial charge in [-0.3, -0.25) is 19.0 Å². The number of aryl methyl sites for hydroxylation is 1. The lowest BCUT2D eigenvalue weighted by atomic mass is 10.1. The molecule has 1 aliphatic heterocycles. The van der Waals surface area contributed by atoms with Crippen molar-refractivity contribution in [2.75, 3.05) is 13.2 Å². The first-order valence-electron chi connectivity index (χ1n) is 9.83. The van der Waals surface area contributed by atoms with Crippen molar-refractivity contribution >= 4 is 10.9 Å². The van der Waals surface area contributed by atoms with Crippen molar-refractivity contribution in [1.29, 1.82) is 0 Å². The molecule has 1 fully saturated rings. The van der Waals surface area contributed by atoms with Crippen molar-refractivity contribution in [2.45, 2.75) is 18.6 Å². The van der Waals surface area contributed by atoms with Gasteiger partial charge in [0.15, 0.2) is 0 Å². The predicted octanol–water partition coefficient (Wildman–Crippen LogP) is 3.23. The van der Waals surface area contributed by atoms with Gasteiger partial charge in [0.25, 0.3) is 5.56 Å². The van der Waals surface area contributed by atoms with Crippen LogP contribution in [0.15, 0.2) is 47.9 Å². The van der Waals surface area contributed by atoms with Crippen LogP contribution >= 0.6 is 0 Å². The lowest BCUT2D eigenvalue weighted by Crippen LogP contribution is -2.25. The van der Waals surface area contributed by atoms with Crippen LogP contribution in [-0.2, 0) is 18.0 Å². The SMILES string of the molecule is Cn1cc(-c2nc(-c3ccc(C(F)(F)F)nc3)cc3c(=O)n(C4CCOC4)cnc23)cn1. The molecule has 0 saturated carbocycles. The minimum Gasteiger partial charge on any atom is -0.379 e. The van der Waals surface area contributed by atoms with Crippen LogP contribution in [0.1, 0.15) is 18.2 Å². The van der Waals surface area contributed by atoms with Gasteiger partial charge in [0.2, 0.25) is 0 Å². The summed E-state index contributed by atoms with van der Waals surface area (Å²) in [7, 11) is 1.75. The van der Waals surface area contributed by atoms with E-state index in [1.807, 2.05) is 0 Å². The summed E-state index contributed by atoms with van der Waals surface area (Å²) in [4.78, 5) is 25.9. The molecule has 4 aromatic rings. The molecule has 0 aliphatic carbocycles. The molecule has 11 heteroatoms. The van der Waals surface area contributed by atoms with Gasteiger partial charge in [-0.05, 0) is 24.6 Å². The zero-order valence-electron chi connectivity index (χ0n) is 16.9. The highest BCUT2D eigenvalue weighted by molar-refractivity contribution is 5.93. The molecule has 0 aromatic carbocycles. The Morgan fingerprint density at radius 3 is 2.62 bits per heavy atom. The Kier molecular flexibility index (Phi) is 4.77. The van der Waals surface area contributed by atoms with E-state index in [1.165, 1.54) is 17.0 Å². The lowest BCUT2D eigenvalue weighted by Gasteiger charge is -2.14. The number of ether oxygens (including phenoxy) is 1. The Hall–Kier alpha value is -3.60. The van der Waals surface area contributed by atoms with Gasteiger partial charge in [-0.25, -0.2) is 9.97 Å². The maximum atomic E-state index is 13.3. The van der Waals surface area contributed by atoms with Crippen molar-refractivity contribution in [1.82, 2.24) is 29.3 Å². The van der Waals surface area contributed by atoms with Gasteiger partial charge < -0.3 is 4.74 Å². The van der Waals surface area contributed by atoms with Crippen molar-refractivity contribution in [2.24, 2.45) is 7.05 Å². The molecule has 0 N–H and O–H groups in total. The average molecular weight is 442 g/mol. The lowest BCUT2D eigenvalue weighted by molar-refractivity contribution is -0.141. The first-order chi connectivity index (χ1) is 15.3. The Balaban J connectivity index is 1.72. The fourth-order valence-corrected chi connectivity index (χ4v) is 3.75. The summed E-state index contributed by atoms with van der Waals surface area (Å²) in [6.45, 7) is 0.984. The Labute approximate surface area is 179 Å². The number of fused-ring (bicyclic) bond motifs is 1. The van der Waals surface area contributed by atoms with E-state index in [2.05, 4.69) is 20.1 Å². The monoisotopic (exact) mass is 442 g/mol. The summed E-state index contributed by atoms with van der Waals surface area (Å²) in [6, 6.07) is 3.60. The molecule has 1 saturated heterocycles. The number of hydrogen-bond acceptors (Lipinski definition) is 6. The largest absolute Gasteiger partial charge is 0.433 e. The number of aromatic nitrogens is 6. The van der Waals surface area contributed by atoms with Gasteiger partial charge in [0.05, 0.1) is 36.3 Å². The second-order valence-electron chi connectivity index (χ2n) is 7.56.